The van der Waals surface area contributed by atoms with Gasteiger partial charge in [0.05, 0.1) is 5.69 Å². The van der Waals surface area contributed by atoms with E-state index >= 15 is 0 Å². The molecule has 1 aliphatic heterocycles. The van der Waals surface area contributed by atoms with E-state index < -0.39 is 6.23 Å². The number of aromatic nitrogens is 2. The van der Waals surface area contributed by atoms with Crippen LogP contribution in [0.3, 0.4) is 0 Å². The molecule has 1 aromatic heterocycles. The van der Waals surface area contributed by atoms with E-state index in [2.05, 4.69) is 20.3 Å². The van der Waals surface area contributed by atoms with E-state index in [1.165, 1.54) is 0 Å². The second-order valence-electron chi connectivity index (χ2n) is 2.76. The third-order valence-corrected chi connectivity index (χ3v) is 1.67. The van der Waals surface area contributed by atoms with E-state index in [1.54, 1.807) is 6.20 Å². The molecule has 0 aromatic carbocycles. The number of aliphatic hydroxyl groups excluding tert-OH is 1. The molecule has 1 aromatic rings. The van der Waals surface area contributed by atoms with E-state index in [0.29, 0.717) is 11.5 Å². The normalized spacial score (nSPS) is 20.2. The maximum atomic E-state index is 9.41. The number of aliphatic imine (C=N–C) groups is 1. The first-order valence-electron chi connectivity index (χ1n) is 3.79. The Bertz CT molecular complexity index is 375. The average Bonchev–Trinajstić information content (AvgIpc) is 2.02. The lowest BCUT2D eigenvalue weighted by Crippen LogP contribution is -2.29. The maximum absolute atomic E-state index is 9.41. The fraction of sp³-hybridized carbons (Fsp3) is 0.286. The SMILES string of the molecule is Cc1cnc2c(n1)NC(N)=NC2O. The Hall–Kier alpha value is -1.69. The fourth-order valence-corrected chi connectivity index (χ4v) is 1.11. The van der Waals surface area contributed by atoms with Gasteiger partial charge in [-0.15, -0.1) is 0 Å². The van der Waals surface area contributed by atoms with Crippen molar-refractivity contribution in [1.82, 2.24) is 9.97 Å². The highest BCUT2D eigenvalue weighted by Crippen LogP contribution is 2.22. The quantitative estimate of drug-likeness (QED) is 0.499. The number of rotatable bonds is 0. The molecule has 4 N–H and O–H groups in total. The van der Waals surface area contributed by atoms with E-state index in [4.69, 9.17) is 5.73 Å². The number of aliphatic hydroxyl groups is 1. The predicted molar refractivity (Wildman–Crippen MR) is 47.0 cm³/mol. The highest BCUT2D eigenvalue weighted by atomic mass is 16.3. The summed E-state index contributed by atoms with van der Waals surface area (Å²) < 4.78 is 0. The Morgan fingerprint density at radius 1 is 1.62 bits per heavy atom. The minimum Gasteiger partial charge on any atom is -0.370 e. The summed E-state index contributed by atoms with van der Waals surface area (Å²) in [4.78, 5) is 11.8. The molecule has 1 unspecified atom stereocenters. The number of anilines is 1. The molecule has 0 fully saturated rings. The van der Waals surface area contributed by atoms with Crippen LogP contribution in [0.2, 0.25) is 0 Å². The van der Waals surface area contributed by atoms with Crippen LogP contribution >= 0.6 is 0 Å². The Labute approximate surface area is 74.5 Å². The summed E-state index contributed by atoms with van der Waals surface area (Å²) >= 11 is 0. The van der Waals surface area contributed by atoms with Gasteiger partial charge < -0.3 is 16.2 Å². The van der Waals surface area contributed by atoms with Crippen molar-refractivity contribution in [2.45, 2.75) is 13.2 Å². The zero-order valence-electron chi connectivity index (χ0n) is 7.02. The molecule has 68 valence electrons. The molecule has 0 saturated carbocycles. The molecule has 2 rings (SSSR count). The van der Waals surface area contributed by atoms with E-state index in [9.17, 15) is 5.11 Å². The molecule has 6 nitrogen and oxygen atoms in total. The van der Waals surface area contributed by atoms with Gasteiger partial charge in [0.25, 0.3) is 0 Å². The minimum atomic E-state index is -1.01. The molecule has 0 aliphatic carbocycles. The van der Waals surface area contributed by atoms with Crippen LogP contribution < -0.4 is 11.1 Å². The Morgan fingerprint density at radius 2 is 2.38 bits per heavy atom. The second kappa shape index (κ2) is 2.67. The van der Waals surface area contributed by atoms with Gasteiger partial charge in [-0.2, -0.15) is 0 Å². The van der Waals surface area contributed by atoms with Gasteiger partial charge in [0.1, 0.15) is 5.69 Å². The zero-order chi connectivity index (χ0) is 9.42. The summed E-state index contributed by atoms with van der Waals surface area (Å²) in [5, 5.41) is 12.1. The number of hydrogen-bond acceptors (Lipinski definition) is 6. The van der Waals surface area contributed by atoms with Crippen LogP contribution in [0.4, 0.5) is 5.82 Å². The number of fused-ring (bicyclic) bond motifs is 1. The number of nitrogens with two attached hydrogens (primary N) is 1. The van der Waals surface area contributed by atoms with Crippen molar-refractivity contribution in [3.05, 3.63) is 17.6 Å². The van der Waals surface area contributed by atoms with E-state index in [-0.39, 0.29) is 5.96 Å². The van der Waals surface area contributed by atoms with Crippen LogP contribution in [0, 0.1) is 6.92 Å². The molecule has 0 amide bonds. The lowest BCUT2D eigenvalue weighted by atomic mass is 10.3. The number of hydrogen-bond donors (Lipinski definition) is 3. The lowest BCUT2D eigenvalue weighted by Gasteiger charge is -2.17. The van der Waals surface area contributed by atoms with Crippen LogP contribution in [0.5, 0.6) is 0 Å². The summed E-state index contributed by atoms with van der Waals surface area (Å²) in [6, 6.07) is 0. The van der Waals surface area contributed by atoms with Crippen molar-refractivity contribution in [2.75, 3.05) is 5.32 Å². The van der Waals surface area contributed by atoms with Crippen molar-refractivity contribution in [1.29, 1.82) is 0 Å². The smallest absolute Gasteiger partial charge is 0.197 e. The number of guanidine groups is 1. The Kier molecular flexibility index (Phi) is 1.63. The average molecular weight is 179 g/mol. The first-order chi connectivity index (χ1) is 6.16. The topological polar surface area (TPSA) is 96.4 Å². The van der Waals surface area contributed by atoms with Gasteiger partial charge in [-0.3, -0.25) is 4.98 Å². The van der Waals surface area contributed by atoms with Crippen molar-refractivity contribution < 1.29 is 5.11 Å². The van der Waals surface area contributed by atoms with Crippen molar-refractivity contribution >= 4 is 11.8 Å². The lowest BCUT2D eigenvalue weighted by molar-refractivity contribution is 0.182. The molecule has 6 heteroatoms. The number of nitrogens with zero attached hydrogens (tertiary/aromatic N) is 3. The summed E-state index contributed by atoms with van der Waals surface area (Å²) in [5.41, 5.74) is 6.56. The third kappa shape index (κ3) is 1.31. The molecule has 0 bridgehead atoms. The maximum Gasteiger partial charge on any atom is 0.197 e. The highest BCUT2D eigenvalue weighted by molar-refractivity contribution is 5.93. The molecule has 2 heterocycles. The van der Waals surface area contributed by atoms with Gasteiger partial charge in [-0.05, 0) is 6.92 Å². The van der Waals surface area contributed by atoms with Crippen molar-refractivity contribution in [3.63, 3.8) is 0 Å². The van der Waals surface area contributed by atoms with Crippen molar-refractivity contribution in [3.8, 4) is 0 Å². The van der Waals surface area contributed by atoms with E-state index in [1.807, 2.05) is 6.92 Å². The molecule has 0 saturated heterocycles. The molecule has 1 aliphatic rings. The summed E-state index contributed by atoms with van der Waals surface area (Å²) in [5.74, 6) is 0.625. The first-order valence-corrected chi connectivity index (χ1v) is 3.79. The molecule has 13 heavy (non-hydrogen) atoms. The minimum absolute atomic E-state index is 0.153. The second-order valence-corrected chi connectivity index (χ2v) is 2.76. The van der Waals surface area contributed by atoms with E-state index in [0.717, 1.165) is 5.69 Å². The summed E-state index contributed by atoms with van der Waals surface area (Å²) in [7, 11) is 0. The number of nitrogens with one attached hydrogen (secondary N) is 1. The predicted octanol–water partition coefficient (Wildman–Crippen LogP) is -0.484. The molecule has 1 atom stereocenters. The van der Waals surface area contributed by atoms with Gasteiger partial charge in [0, 0.05) is 6.20 Å². The van der Waals surface area contributed by atoms with Crippen LogP contribution in [0.15, 0.2) is 11.2 Å². The zero-order valence-corrected chi connectivity index (χ0v) is 7.02. The molecular weight excluding hydrogens is 170 g/mol. The van der Waals surface area contributed by atoms with Gasteiger partial charge in [0.2, 0.25) is 0 Å². The monoisotopic (exact) mass is 179 g/mol. The van der Waals surface area contributed by atoms with Gasteiger partial charge in [-0.25, -0.2) is 9.98 Å². The van der Waals surface area contributed by atoms with Crippen LogP contribution in [0.1, 0.15) is 17.6 Å². The van der Waals surface area contributed by atoms with Gasteiger partial charge in [-0.1, -0.05) is 0 Å². The fourth-order valence-electron chi connectivity index (χ4n) is 1.11. The Balaban J connectivity index is 2.50. The number of aryl methyl sites for hydroxylation is 1. The molecular formula is C7H9N5O. The molecule has 0 radical (unpaired) electrons. The standard InChI is InChI=1S/C7H9N5O/c1-3-2-9-4-5(10-3)11-7(8)12-6(4)13/h2,6,13H,1H3,(H3,8,10,11,12). The van der Waals surface area contributed by atoms with Crippen LogP contribution in [-0.2, 0) is 0 Å². The van der Waals surface area contributed by atoms with Gasteiger partial charge in [0.15, 0.2) is 18.0 Å². The first kappa shape index (κ1) is 7.93. The third-order valence-electron chi connectivity index (χ3n) is 1.67. The van der Waals surface area contributed by atoms with Gasteiger partial charge >= 0.3 is 0 Å². The van der Waals surface area contributed by atoms with Crippen LogP contribution in [-0.4, -0.2) is 21.0 Å². The summed E-state index contributed by atoms with van der Waals surface area (Å²) in [6.07, 6.45) is 0.560. The Morgan fingerprint density at radius 3 is 3.15 bits per heavy atom. The van der Waals surface area contributed by atoms with Crippen molar-refractivity contribution in [2.24, 2.45) is 10.7 Å². The highest BCUT2D eigenvalue weighted by Gasteiger charge is 2.20. The molecule has 0 spiro atoms. The van der Waals surface area contributed by atoms with Crippen LogP contribution in [0.25, 0.3) is 0 Å². The summed E-state index contributed by atoms with van der Waals surface area (Å²) in [6.45, 7) is 1.81. The largest absolute Gasteiger partial charge is 0.370 e.